The zero-order chi connectivity index (χ0) is 21.5. The van der Waals surface area contributed by atoms with Gasteiger partial charge in [0.15, 0.2) is 17.5 Å². The van der Waals surface area contributed by atoms with Crippen molar-refractivity contribution in [3.8, 4) is 17.2 Å². The molecule has 168 valence electrons. The number of aliphatic imine (C=N–C) groups is 1. The summed E-state index contributed by atoms with van der Waals surface area (Å²) in [5.41, 5.74) is 0.492. The van der Waals surface area contributed by atoms with E-state index in [0.29, 0.717) is 42.2 Å². The summed E-state index contributed by atoms with van der Waals surface area (Å²) in [7, 11) is 0. The number of morpholine rings is 1. The summed E-state index contributed by atoms with van der Waals surface area (Å²) in [5.74, 6) is 1.52. The molecule has 0 aromatic heterocycles. The first-order chi connectivity index (χ1) is 14.5. The number of benzene rings is 1. The minimum Gasteiger partial charge on any atom is -0.454 e. The molecule has 2 aliphatic heterocycles. The average molecular weight is 428 g/mol. The van der Waals surface area contributed by atoms with Gasteiger partial charge < -0.3 is 29.6 Å². The summed E-state index contributed by atoms with van der Waals surface area (Å²) in [4.78, 5) is 6.94. The molecule has 2 aliphatic rings. The summed E-state index contributed by atoms with van der Waals surface area (Å²) in [5, 5.41) is 6.52. The van der Waals surface area contributed by atoms with E-state index in [9.17, 15) is 8.78 Å². The van der Waals surface area contributed by atoms with Gasteiger partial charge in [-0.1, -0.05) is 0 Å². The third kappa shape index (κ3) is 5.85. The van der Waals surface area contributed by atoms with Crippen molar-refractivity contribution in [3.05, 3.63) is 17.7 Å². The van der Waals surface area contributed by atoms with Crippen LogP contribution in [0, 0.1) is 0 Å². The Balaban J connectivity index is 1.66. The standard InChI is InChI=1S/C20H30F2N4O4/c1-4-23-20(24-9-13(2)26-5-6-27-11-14(26)3)25-10-15-7-17-18(29-12-28-17)8-16(15)30-19(21)22/h7-8,13-14,19H,4-6,9-12H2,1-3H3,(H2,23,24,25). The van der Waals surface area contributed by atoms with Gasteiger partial charge in [0.2, 0.25) is 6.79 Å². The summed E-state index contributed by atoms with van der Waals surface area (Å²) < 4.78 is 46.4. The first-order valence-corrected chi connectivity index (χ1v) is 10.2. The van der Waals surface area contributed by atoms with Crippen LogP contribution in [0.15, 0.2) is 17.1 Å². The highest BCUT2D eigenvalue weighted by molar-refractivity contribution is 5.79. The number of rotatable bonds is 8. The number of alkyl halides is 2. The van der Waals surface area contributed by atoms with Crippen LogP contribution in [0.1, 0.15) is 26.3 Å². The molecule has 2 atom stereocenters. The molecular formula is C20H30F2N4O4. The number of nitrogens with zero attached hydrogens (tertiary/aromatic N) is 2. The largest absolute Gasteiger partial charge is 0.454 e. The fourth-order valence-electron chi connectivity index (χ4n) is 3.56. The second-order valence-electron chi connectivity index (χ2n) is 7.28. The van der Waals surface area contributed by atoms with Crippen LogP contribution in [0.5, 0.6) is 17.2 Å². The average Bonchev–Trinajstić information content (AvgIpc) is 3.16. The van der Waals surface area contributed by atoms with E-state index >= 15 is 0 Å². The van der Waals surface area contributed by atoms with Crippen LogP contribution >= 0.6 is 0 Å². The van der Waals surface area contributed by atoms with Crippen molar-refractivity contribution < 1.29 is 27.7 Å². The Labute approximate surface area is 175 Å². The lowest BCUT2D eigenvalue weighted by atomic mass is 10.1. The number of ether oxygens (including phenoxy) is 4. The molecule has 2 heterocycles. The molecule has 0 bridgehead atoms. The molecule has 0 saturated carbocycles. The Morgan fingerprint density at radius 3 is 2.77 bits per heavy atom. The lowest BCUT2D eigenvalue weighted by Crippen LogP contribution is -2.53. The zero-order valence-electron chi connectivity index (χ0n) is 17.6. The van der Waals surface area contributed by atoms with Gasteiger partial charge in [-0.2, -0.15) is 8.78 Å². The van der Waals surface area contributed by atoms with Gasteiger partial charge in [0.1, 0.15) is 5.75 Å². The van der Waals surface area contributed by atoms with Gasteiger partial charge in [-0.15, -0.1) is 0 Å². The quantitative estimate of drug-likeness (QED) is 0.486. The minimum absolute atomic E-state index is 0.0318. The second kappa shape index (κ2) is 10.6. The number of fused-ring (bicyclic) bond motifs is 1. The third-order valence-electron chi connectivity index (χ3n) is 5.07. The van der Waals surface area contributed by atoms with Crippen LogP contribution in [-0.2, 0) is 11.3 Å². The Morgan fingerprint density at radius 1 is 1.30 bits per heavy atom. The Bertz CT molecular complexity index is 735. The highest BCUT2D eigenvalue weighted by atomic mass is 19.3. The van der Waals surface area contributed by atoms with Crippen LogP contribution < -0.4 is 24.8 Å². The summed E-state index contributed by atoms with van der Waals surface area (Å²) in [6, 6.07) is 3.70. The van der Waals surface area contributed by atoms with Gasteiger partial charge >= 0.3 is 6.61 Å². The number of halogens is 2. The molecule has 8 nitrogen and oxygen atoms in total. The molecule has 0 amide bonds. The maximum absolute atomic E-state index is 12.8. The smallest absolute Gasteiger partial charge is 0.387 e. The van der Waals surface area contributed by atoms with E-state index in [1.165, 1.54) is 6.07 Å². The SMILES string of the molecule is CCNC(=NCc1cc2c(cc1OC(F)F)OCO2)NCC(C)N1CCOCC1C. The lowest BCUT2D eigenvalue weighted by molar-refractivity contribution is -0.0505. The molecule has 1 aromatic carbocycles. The predicted octanol–water partition coefficient (Wildman–Crippen LogP) is 2.18. The molecule has 0 aliphatic carbocycles. The van der Waals surface area contributed by atoms with Gasteiger partial charge in [0, 0.05) is 43.3 Å². The maximum Gasteiger partial charge on any atom is 0.387 e. The van der Waals surface area contributed by atoms with Crippen molar-refractivity contribution >= 4 is 5.96 Å². The fraction of sp³-hybridized carbons (Fsp3) is 0.650. The van der Waals surface area contributed by atoms with Gasteiger partial charge in [-0.25, -0.2) is 4.99 Å². The van der Waals surface area contributed by atoms with Gasteiger partial charge in [0.05, 0.1) is 19.8 Å². The first-order valence-electron chi connectivity index (χ1n) is 10.2. The lowest BCUT2D eigenvalue weighted by Gasteiger charge is -2.38. The van der Waals surface area contributed by atoms with E-state index < -0.39 is 6.61 Å². The van der Waals surface area contributed by atoms with Gasteiger partial charge in [0.25, 0.3) is 0 Å². The highest BCUT2D eigenvalue weighted by Crippen LogP contribution is 2.39. The molecule has 3 rings (SSSR count). The normalized spacial score (nSPS) is 20.3. The number of nitrogens with one attached hydrogen (secondary N) is 2. The van der Waals surface area contributed by atoms with Gasteiger partial charge in [-0.3, -0.25) is 4.90 Å². The van der Waals surface area contributed by atoms with Gasteiger partial charge in [-0.05, 0) is 26.8 Å². The van der Waals surface area contributed by atoms with Crippen molar-refractivity contribution in [1.82, 2.24) is 15.5 Å². The van der Waals surface area contributed by atoms with Crippen LogP contribution in [-0.4, -0.2) is 69.2 Å². The molecule has 1 fully saturated rings. The van der Waals surface area contributed by atoms with Crippen LogP contribution in [0.2, 0.25) is 0 Å². The number of guanidine groups is 1. The van der Waals surface area contributed by atoms with E-state index in [-0.39, 0.29) is 25.1 Å². The minimum atomic E-state index is -2.93. The Hall–Kier alpha value is -2.33. The van der Waals surface area contributed by atoms with Crippen LogP contribution in [0.4, 0.5) is 8.78 Å². The summed E-state index contributed by atoms with van der Waals surface area (Å²) in [6.45, 7) is 7.28. The molecular weight excluding hydrogens is 398 g/mol. The molecule has 30 heavy (non-hydrogen) atoms. The highest BCUT2D eigenvalue weighted by Gasteiger charge is 2.24. The summed E-state index contributed by atoms with van der Waals surface area (Å²) in [6.07, 6.45) is 0. The van der Waals surface area contributed by atoms with Crippen LogP contribution in [0.25, 0.3) is 0 Å². The topological polar surface area (TPSA) is 76.6 Å². The maximum atomic E-state index is 12.8. The van der Waals surface area contributed by atoms with E-state index in [4.69, 9.17) is 14.2 Å². The zero-order valence-corrected chi connectivity index (χ0v) is 17.6. The molecule has 1 saturated heterocycles. The van der Waals surface area contributed by atoms with Crippen molar-refractivity contribution in [1.29, 1.82) is 0 Å². The molecule has 2 unspecified atom stereocenters. The Morgan fingerprint density at radius 2 is 2.07 bits per heavy atom. The van der Waals surface area contributed by atoms with Crippen molar-refractivity contribution in [2.75, 3.05) is 39.6 Å². The summed E-state index contributed by atoms with van der Waals surface area (Å²) >= 11 is 0. The molecule has 0 radical (unpaired) electrons. The second-order valence-corrected chi connectivity index (χ2v) is 7.28. The predicted molar refractivity (Wildman–Crippen MR) is 108 cm³/mol. The van der Waals surface area contributed by atoms with E-state index in [1.807, 2.05) is 6.92 Å². The Kier molecular flexibility index (Phi) is 7.92. The fourth-order valence-corrected chi connectivity index (χ4v) is 3.56. The number of hydrogen-bond acceptors (Lipinski definition) is 6. The van der Waals surface area contributed by atoms with Crippen molar-refractivity contribution in [2.24, 2.45) is 4.99 Å². The molecule has 10 heteroatoms. The third-order valence-corrected chi connectivity index (χ3v) is 5.07. The molecule has 1 aromatic rings. The first kappa shape index (κ1) is 22.4. The number of hydrogen-bond donors (Lipinski definition) is 2. The van der Waals surface area contributed by atoms with Crippen LogP contribution in [0.3, 0.4) is 0 Å². The van der Waals surface area contributed by atoms with E-state index in [2.05, 4.69) is 39.1 Å². The van der Waals surface area contributed by atoms with Crippen molar-refractivity contribution in [3.63, 3.8) is 0 Å². The molecule has 0 spiro atoms. The van der Waals surface area contributed by atoms with Crippen molar-refractivity contribution in [2.45, 2.75) is 46.0 Å². The molecule has 2 N–H and O–H groups in total. The van der Waals surface area contributed by atoms with E-state index in [1.54, 1.807) is 6.07 Å². The van der Waals surface area contributed by atoms with E-state index in [0.717, 1.165) is 19.8 Å². The monoisotopic (exact) mass is 428 g/mol.